The van der Waals surface area contributed by atoms with Gasteiger partial charge in [0.1, 0.15) is 11.5 Å². The summed E-state index contributed by atoms with van der Waals surface area (Å²) in [7, 11) is 0. The average molecular weight is 336 g/mol. The molecule has 3 heterocycles. The van der Waals surface area contributed by atoms with Gasteiger partial charge < -0.3 is 0 Å². The van der Waals surface area contributed by atoms with Crippen molar-refractivity contribution in [2.45, 2.75) is 30.7 Å². The molecule has 0 spiro atoms. The van der Waals surface area contributed by atoms with Crippen LogP contribution in [0.3, 0.4) is 0 Å². The van der Waals surface area contributed by atoms with Crippen molar-refractivity contribution >= 4 is 29.0 Å². The van der Waals surface area contributed by atoms with E-state index in [0.717, 1.165) is 18.7 Å². The third-order valence-electron chi connectivity index (χ3n) is 3.02. The molecule has 0 aromatic carbocycles. The van der Waals surface area contributed by atoms with Gasteiger partial charge in [0.25, 0.3) is 5.56 Å². The number of aromatic amines is 1. The van der Waals surface area contributed by atoms with Crippen LogP contribution in [0.1, 0.15) is 24.9 Å². The van der Waals surface area contributed by atoms with Gasteiger partial charge in [0.05, 0.1) is 10.7 Å². The lowest BCUT2D eigenvalue weighted by atomic mass is 10.3. The predicted octanol–water partition coefficient (Wildman–Crippen LogP) is 2.71. The Labute approximate surface area is 136 Å². The SMILES string of the molecule is CCCc1nc(SCc2cc(=O)n3cc(Cl)ccc3n2)n[nH]1. The number of thioether (sulfide) groups is 1. The van der Waals surface area contributed by atoms with Gasteiger partial charge >= 0.3 is 0 Å². The van der Waals surface area contributed by atoms with Gasteiger partial charge in [-0.15, -0.1) is 5.10 Å². The van der Waals surface area contributed by atoms with E-state index in [1.54, 1.807) is 18.3 Å². The number of halogens is 1. The van der Waals surface area contributed by atoms with Crippen molar-refractivity contribution in [3.8, 4) is 0 Å². The second kappa shape index (κ2) is 6.50. The molecule has 0 aliphatic carbocycles. The van der Waals surface area contributed by atoms with Crippen LogP contribution in [0.25, 0.3) is 5.65 Å². The van der Waals surface area contributed by atoms with Crippen LogP contribution in [0.2, 0.25) is 5.02 Å². The van der Waals surface area contributed by atoms with E-state index < -0.39 is 0 Å². The Bertz CT molecular complexity index is 860. The minimum atomic E-state index is -0.148. The number of nitrogens with zero attached hydrogens (tertiary/aromatic N) is 4. The maximum absolute atomic E-state index is 12.1. The molecule has 0 bridgehead atoms. The minimum absolute atomic E-state index is 0.148. The maximum Gasteiger partial charge on any atom is 0.258 e. The van der Waals surface area contributed by atoms with E-state index in [1.807, 2.05) is 0 Å². The average Bonchev–Trinajstić information content (AvgIpc) is 2.94. The minimum Gasteiger partial charge on any atom is -0.269 e. The molecular weight excluding hydrogens is 322 g/mol. The van der Waals surface area contributed by atoms with Gasteiger partial charge in [0, 0.05) is 24.4 Å². The number of nitrogens with one attached hydrogen (secondary N) is 1. The summed E-state index contributed by atoms with van der Waals surface area (Å²) in [5, 5.41) is 8.22. The molecule has 0 atom stereocenters. The lowest BCUT2D eigenvalue weighted by Gasteiger charge is -2.03. The smallest absolute Gasteiger partial charge is 0.258 e. The van der Waals surface area contributed by atoms with Crippen molar-refractivity contribution in [3.63, 3.8) is 0 Å². The largest absolute Gasteiger partial charge is 0.269 e. The molecule has 1 N–H and O–H groups in total. The number of hydrogen-bond donors (Lipinski definition) is 1. The third kappa shape index (κ3) is 3.31. The Morgan fingerprint density at radius 1 is 1.36 bits per heavy atom. The second-order valence-electron chi connectivity index (χ2n) is 4.76. The van der Waals surface area contributed by atoms with Crippen molar-refractivity contribution in [1.29, 1.82) is 0 Å². The number of hydrogen-bond acceptors (Lipinski definition) is 5. The molecule has 0 saturated carbocycles. The van der Waals surface area contributed by atoms with Gasteiger partial charge in [-0.25, -0.2) is 9.97 Å². The van der Waals surface area contributed by atoms with Gasteiger partial charge in [-0.1, -0.05) is 30.3 Å². The van der Waals surface area contributed by atoms with E-state index >= 15 is 0 Å². The van der Waals surface area contributed by atoms with Crippen molar-refractivity contribution < 1.29 is 0 Å². The first-order chi connectivity index (χ1) is 10.7. The molecule has 8 heteroatoms. The standard InChI is InChI=1S/C14H14ClN5OS/c1-2-3-11-17-14(19-18-11)22-8-10-6-13(21)20-7-9(15)4-5-12(20)16-10/h4-7H,2-3,8H2,1H3,(H,17,18,19). The molecule has 114 valence electrons. The Morgan fingerprint density at radius 3 is 3.05 bits per heavy atom. The maximum atomic E-state index is 12.1. The van der Waals surface area contributed by atoms with Crippen molar-refractivity contribution in [2.75, 3.05) is 0 Å². The molecule has 0 unspecified atom stereocenters. The van der Waals surface area contributed by atoms with E-state index in [9.17, 15) is 4.79 Å². The summed E-state index contributed by atoms with van der Waals surface area (Å²) >= 11 is 7.34. The normalized spacial score (nSPS) is 11.2. The fourth-order valence-corrected chi connectivity index (χ4v) is 2.90. The van der Waals surface area contributed by atoms with Gasteiger partial charge in [0.15, 0.2) is 0 Å². The summed E-state index contributed by atoms with van der Waals surface area (Å²) < 4.78 is 1.43. The Hall–Kier alpha value is -1.86. The summed E-state index contributed by atoms with van der Waals surface area (Å²) in [6.45, 7) is 2.09. The molecule has 0 amide bonds. The summed E-state index contributed by atoms with van der Waals surface area (Å²) in [5.41, 5.74) is 1.12. The first-order valence-electron chi connectivity index (χ1n) is 6.87. The molecule has 0 aliphatic rings. The lowest BCUT2D eigenvalue weighted by molar-refractivity contribution is 0.840. The second-order valence-corrected chi connectivity index (χ2v) is 6.14. The molecule has 0 saturated heterocycles. The van der Waals surface area contributed by atoms with Gasteiger partial charge in [-0.2, -0.15) is 0 Å². The third-order valence-corrected chi connectivity index (χ3v) is 4.13. The van der Waals surface area contributed by atoms with Crippen LogP contribution in [0, 0.1) is 0 Å². The molecule has 3 aromatic heterocycles. The van der Waals surface area contributed by atoms with Crippen molar-refractivity contribution in [3.05, 3.63) is 51.3 Å². The van der Waals surface area contributed by atoms with Crippen LogP contribution < -0.4 is 5.56 Å². The zero-order valence-electron chi connectivity index (χ0n) is 11.9. The van der Waals surface area contributed by atoms with Crippen molar-refractivity contribution in [1.82, 2.24) is 24.6 Å². The van der Waals surface area contributed by atoms with Crippen LogP contribution in [0.5, 0.6) is 0 Å². The number of H-pyrrole nitrogens is 1. The first-order valence-corrected chi connectivity index (χ1v) is 8.24. The highest BCUT2D eigenvalue weighted by molar-refractivity contribution is 7.98. The summed E-state index contributed by atoms with van der Waals surface area (Å²) in [4.78, 5) is 20.9. The highest BCUT2D eigenvalue weighted by Gasteiger charge is 2.07. The monoisotopic (exact) mass is 335 g/mol. The molecule has 3 aromatic rings. The number of aromatic nitrogens is 5. The molecule has 0 radical (unpaired) electrons. The highest BCUT2D eigenvalue weighted by atomic mass is 35.5. The van der Waals surface area contributed by atoms with E-state index in [0.29, 0.717) is 27.3 Å². The van der Waals surface area contributed by atoms with Crippen molar-refractivity contribution in [2.24, 2.45) is 0 Å². The topological polar surface area (TPSA) is 75.9 Å². The molecule has 0 fully saturated rings. The van der Waals surface area contributed by atoms with Crippen LogP contribution in [0.4, 0.5) is 0 Å². The van der Waals surface area contributed by atoms with Gasteiger partial charge in [-0.05, 0) is 18.6 Å². The lowest BCUT2D eigenvalue weighted by Crippen LogP contribution is -2.15. The van der Waals surface area contributed by atoms with Crippen LogP contribution in [0.15, 0.2) is 34.3 Å². The fraction of sp³-hybridized carbons (Fsp3) is 0.286. The Morgan fingerprint density at radius 2 is 2.23 bits per heavy atom. The van der Waals surface area contributed by atoms with Crippen LogP contribution >= 0.6 is 23.4 Å². The van der Waals surface area contributed by atoms with E-state index in [4.69, 9.17) is 11.6 Å². The molecule has 6 nitrogen and oxygen atoms in total. The van der Waals surface area contributed by atoms with E-state index in [1.165, 1.54) is 22.2 Å². The molecular formula is C14H14ClN5OS. The number of pyridine rings is 1. The molecule has 22 heavy (non-hydrogen) atoms. The van der Waals surface area contributed by atoms with Gasteiger partial charge in [-0.3, -0.25) is 14.3 Å². The van der Waals surface area contributed by atoms with Gasteiger partial charge in [0.2, 0.25) is 5.16 Å². The Kier molecular flexibility index (Phi) is 4.44. The zero-order chi connectivity index (χ0) is 15.5. The zero-order valence-corrected chi connectivity index (χ0v) is 13.5. The first kappa shape index (κ1) is 15.1. The highest BCUT2D eigenvalue weighted by Crippen LogP contribution is 2.18. The van der Waals surface area contributed by atoms with Crippen LogP contribution in [-0.2, 0) is 12.2 Å². The summed E-state index contributed by atoms with van der Waals surface area (Å²) in [5.74, 6) is 1.42. The Balaban J connectivity index is 1.78. The fourth-order valence-electron chi connectivity index (χ4n) is 2.03. The summed E-state index contributed by atoms with van der Waals surface area (Å²) in [6, 6.07) is 4.95. The number of aryl methyl sites for hydroxylation is 1. The molecule has 3 rings (SSSR count). The number of fused-ring (bicyclic) bond motifs is 1. The number of rotatable bonds is 5. The van der Waals surface area contributed by atoms with E-state index in [2.05, 4.69) is 27.1 Å². The predicted molar refractivity (Wildman–Crippen MR) is 86.4 cm³/mol. The van der Waals surface area contributed by atoms with Crippen LogP contribution in [-0.4, -0.2) is 24.6 Å². The van der Waals surface area contributed by atoms with E-state index in [-0.39, 0.29) is 5.56 Å². The quantitative estimate of drug-likeness (QED) is 0.725. The molecule has 0 aliphatic heterocycles. The summed E-state index contributed by atoms with van der Waals surface area (Å²) in [6.07, 6.45) is 3.46.